The molecule has 1 amide bonds. The van der Waals surface area contributed by atoms with Crippen molar-refractivity contribution < 1.29 is 17.6 Å². The Morgan fingerprint density at radius 3 is 2.31 bits per heavy atom. The number of piperidine rings is 1. The van der Waals surface area contributed by atoms with Gasteiger partial charge in [-0.1, -0.05) is 56.3 Å². The van der Waals surface area contributed by atoms with Gasteiger partial charge >= 0.3 is 0 Å². The van der Waals surface area contributed by atoms with E-state index < -0.39 is 32.7 Å². The van der Waals surface area contributed by atoms with E-state index in [1.54, 1.807) is 0 Å². The summed E-state index contributed by atoms with van der Waals surface area (Å²) in [4.78, 5) is 15.0. The van der Waals surface area contributed by atoms with Gasteiger partial charge in [-0.2, -0.15) is 4.72 Å². The third-order valence-electron chi connectivity index (χ3n) is 5.58. The fourth-order valence-electron chi connectivity index (χ4n) is 4.03. The lowest BCUT2D eigenvalue weighted by molar-refractivity contribution is -0.123. The monoisotopic (exact) mass is 461 g/mol. The standard InChI is InChI=1S/C24H32FN3O3S/c1-18(2)17-28-14-12-20(13-15-28)26-24(29)22(16-19-8-4-3-5-9-19)27-32(30,31)23-11-7-6-10-21(23)25/h3-11,18,20,22,27H,12-17H2,1-2H3,(H,26,29)/t22-/m0/s1. The lowest BCUT2D eigenvalue weighted by Crippen LogP contribution is -2.53. The number of likely N-dealkylation sites (tertiary alicyclic amines) is 1. The van der Waals surface area contributed by atoms with Crippen LogP contribution in [0.25, 0.3) is 0 Å². The first-order valence-corrected chi connectivity index (χ1v) is 12.6. The van der Waals surface area contributed by atoms with E-state index in [9.17, 15) is 17.6 Å². The third kappa shape index (κ3) is 6.85. The van der Waals surface area contributed by atoms with E-state index in [0.717, 1.165) is 44.1 Å². The predicted octanol–water partition coefficient (Wildman–Crippen LogP) is 2.95. The van der Waals surface area contributed by atoms with Gasteiger partial charge in [-0.15, -0.1) is 0 Å². The van der Waals surface area contributed by atoms with Gasteiger partial charge in [0.15, 0.2) is 0 Å². The van der Waals surface area contributed by atoms with Gasteiger partial charge in [0.2, 0.25) is 15.9 Å². The van der Waals surface area contributed by atoms with Gasteiger partial charge in [0, 0.05) is 25.7 Å². The minimum absolute atomic E-state index is 0.0119. The second kappa shape index (κ2) is 11.0. The van der Waals surface area contributed by atoms with Crippen LogP contribution in [0.2, 0.25) is 0 Å². The normalized spacial score (nSPS) is 16.8. The van der Waals surface area contributed by atoms with Crippen LogP contribution in [-0.4, -0.2) is 50.9 Å². The first kappa shape index (κ1) is 24.4. The van der Waals surface area contributed by atoms with Gasteiger partial charge in [-0.3, -0.25) is 4.79 Å². The molecule has 1 saturated heterocycles. The second-order valence-electron chi connectivity index (χ2n) is 8.77. The van der Waals surface area contributed by atoms with Gasteiger partial charge in [-0.25, -0.2) is 12.8 Å². The predicted molar refractivity (Wildman–Crippen MR) is 123 cm³/mol. The highest BCUT2D eigenvalue weighted by Crippen LogP contribution is 2.16. The molecule has 0 spiro atoms. The molecule has 1 aliphatic rings. The molecule has 0 aromatic heterocycles. The maximum atomic E-state index is 14.1. The summed E-state index contributed by atoms with van der Waals surface area (Å²) in [5, 5.41) is 3.02. The molecule has 2 aromatic carbocycles. The summed E-state index contributed by atoms with van der Waals surface area (Å²) >= 11 is 0. The molecule has 6 nitrogen and oxygen atoms in total. The summed E-state index contributed by atoms with van der Waals surface area (Å²) in [6.07, 6.45) is 1.81. The van der Waals surface area contributed by atoms with Crippen LogP contribution >= 0.6 is 0 Å². The van der Waals surface area contributed by atoms with Gasteiger partial charge in [-0.05, 0) is 42.9 Å². The number of nitrogens with zero attached hydrogens (tertiary/aromatic N) is 1. The van der Waals surface area contributed by atoms with Crippen molar-refractivity contribution >= 4 is 15.9 Å². The fraction of sp³-hybridized carbons (Fsp3) is 0.458. The van der Waals surface area contributed by atoms with Crippen molar-refractivity contribution in [1.29, 1.82) is 0 Å². The number of nitrogens with one attached hydrogen (secondary N) is 2. The molecular weight excluding hydrogens is 429 g/mol. The van der Waals surface area contributed by atoms with Crippen molar-refractivity contribution in [1.82, 2.24) is 14.9 Å². The Morgan fingerprint density at radius 2 is 1.69 bits per heavy atom. The van der Waals surface area contributed by atoms with E-state index in [-0.39, 0.29) is 12.5 Å². The van der Waals surface area contributed by atoms with Crippen LogP contribution in [0.15, 0.2) is 59.5 Å². The number of rotatable bonds is 9. The van der Waals surface area contributed by atoms with Crippen LogP contribution in [0, 0.1) is 11.7 Å². The largest absolute Gasteiger partial charge is 0.352 e. The highest BCUT2D eigenvalue weighted by atomic mass is 32.2. The molecule has 1 atom stereocenters. The number of carbonyl (C=O) groups excluding carboxylic acids is 1. The maximum Gasteiger partial charge on any atom is 0.244 e. The molecule has 0 unspecified atom stereocenters. The zero-order valence-corrected chi connectivity index (χ0v) is 19.4. The minimum Gasteiger partial charge on any atom is -0.352 e. The number of sulfonamides is 1. The Kier molecular flexibility index (Phi) is 8.39. The van der Waals surface area contributed by atoms with E-state index >= 15 is 0 Å². The molecular formula is C24H32FN3O3S. The Morgan fingerprint density at radius 1 is 1.06 bits per heavy atom. The van der Waals surface area contributed by atoms with Crippen LogP contribution in [0.5, 0.6) is 0 Å². The molecule has 2 aromatic rings. The minimum atomic E-state index is -4.21. The van der Waals surface area contributed by atoms with E-state index in [0.29, 0.717) is 5.92 Å². The van der Waals surface area contributed by atoms with E-state index in [1.165, 1.54) is 18.2 Å². The van der Waals surface area contributed by atoms with Crippen LogP contribution in [-0.2, 0) is 21.2 Å². The zero-order valence-electron chi connectivity index (χ0n) is 18.6. The molecule has 0 radical (unpaired) electrons. The van der Waals surface area contributed by atoms with Crippen molar-refractivity contribution in [3.8, 4) is 0 Å². The average molecular weight is 462 g/mol. The molecule has 0 bridgehead atoms. The van der Waals surface area contributed by atoms with Gasteiger partial charge in [0.1, 0.15) is 16.8 Å². The first-order valence-electron chi connectivity index (χ1n) is 11.1. The Bertz CT molecular complexity index is 991. The number of hydrogen-bond donors (Lipinski definition) is 2. The van der Waals surface area contributed by atoms with Crippen molar-refractivity contribution in [3.63, 3.8) is 0 Å². The number of hydrogen-bond acceptors (Lipinski definition) is 4. The summed E-state index contributed by atoms with van der Waals surface area (Å²) in [5.74, 6) is -0.656. The van der Waals surface area contributed by atoms with Crippen molar-refractivity contribution in [3.05, 3.63) is 66.0 Å². The molecule has 8 heteroatoms. The van der Waals surface area contributed by atoms with Crippen molar-refractivity contribution in [2.45, 2.75) is 50.1 Å². The van der Waals surface area contributed by atoms with Gasteiger partial charge < -0.3 is 10.2 Å². The maximum absolute atomic E-state index is 14.1. The molecule has 3 rings (SSSR count). The zero-order chi connectivity index (χ0) is 23.1. The first-order chi connectivity index (χ1) is 15.2. The molecule has 0 saturated carbocycles. The second-order valence-corrected chi connectivity index (χ2v) is 10.5. The fourth-order valence-corrected chi connectivity index (χ4v) is 5.30. The molecule has 1 fully saturated rings. The van der Waals surface area contributed by atoms with Gasteiger partial charge in [0.05, 0.1) is 0 Å². The molecule has 1 aliphatic heterocycles. The summed E-state index contributed by atoms with van der Waals surface area (Å²) in [7, 11) is -4.21. The molecule has 1 heterocycles. The van der Waals surface area contributed by atoms with Crippen LogP contribution in [0.4, 0.5) is 4.39 Å². The number of amides is 1. The Balaban J connectivity index is 1.71. The van der Waals surface area contributed by atoms with E-state index in [2.05, 4.69) is 28.8 Å². The Hall–Kier alpha value is -2.29. The third-order valence-corrected chi connectivity index (χ3v) is 7.08. The SMILES string of the molecule is CC(C)CN1CCC(NC(=O)[C@H](Cc2ccccc2)NS(=O)(=O)c2ccccc2F)CC1. The topological polar surface area (TPSA) is 78.5 Å². The molecule has 174 valence electrons. The van der Waals surface area contributed by atoms with Crippen molar-refractivity contribution in [2.75, 3.05) is 19.6 Å². The summed E-state index contributed by atoms with van der Waals surface area (Å²) in [6, 6.07) is 13.3. The summed E-state index contributed by atoms with van der Waals surface area (Å²) in [6.45, 7) is 7.19. The Labute approximate surface area is 190 Å². The number of halogens is 1. The van der Waals surface area contributed by atoms with Gasteiger partial charge in [0.25, 0.3) is 0 Å². The summed E-state index contributed by atoms with van der Waals surface area (Å²) < 4.78 is 42.3. The van der Waals surface area contributed by atoms with Crippen molar-refractivity contribution in [2.24, 2.45) is 5.92 Å². The average Bonchev–Trinajstić information content (AvgIpc) is 2.75. The van der Waals surface area contributed by atoms with Crippen LogP contribution in [0.3, 0.4) is 0 Å². The number of benzene rings is 2. The summed E-state index contributed by atoms with van der Waals surface area (Å²) in [5.41, 5.74) is 0.815. The smallest absolute Gasteiger partial charge is 0.244 e. The molecule has 0 aliphatic carbocycles. The molecule has 2 N–H and O–H groups in total. The highest BCUT2D eigenvalue weighted by molar-refractivity contribution is 7.89. The highest BCUT2D eigenvalue weighted by Gasteiger charge is 2.30. The number of carbonyl (C=O) groups is 1. The quantitative estimate of drug-likeness (QED) is 0.602. The lowest BCUT2D eigenvalue weighted by atomic mass is 10.0. The lowest BCUT2D eigenvalue weighted by Gasteiger charge is -2.34. The molecule has 32 heavy (non-hydrogen) atoms. The van der Waals surface area contributed by atoms with E-state index in [4.69, 9.17) is 0 Å². The van der Waals surface area contributed by atoms with E-state index in [1.807, 2.05) is 30.3 Å². The van der Waals surface area contributed by atoms with Crippen LogP contribution in [0.1, 0.15) is 32.3 Å². The van der Waals surface area contributed by atoms with Crippen LogP contribution < -0.4 is 10.0 Å².